The quantitative estimate of drug-likeness (QED) is 0.720. The van der Waals surface area contributed by atoms with E-state index in [-0.39, 0.29) is 12.4 Å². The molecule has 9 heteroatoms. The smallest absolute Gasteiger partial charge is 0.351 e. The first-order valence-electron chi connectivity index (χ1n) is 8.22. The van der Waals surface area contributed by atoms with Gasteiger partial charge >= 0.3 is 5.69 Å². The van der Waals surface area contributed by atoms with Crippen LogP contribution >= 0.6 is 0 Å². The van der Waals surface area contributed by atoms with Gasteiger partial charge in [-0.3, -0.25) is 4.57 Å². The van der Waals surface area contributed by atoms with Gasteiger partial charge in [0.2, 0.25) is 6.23 Å². The molecule has 1 aromatic heterocycles. The maximum absolute atomic E-state index is 14.2. The van der Waals surface area contributed by atoms with E-state index >= 15 is 0 Å². The van der Waals surface area contributed by atoms with Crippen LogP contribution in [0, 0.1) is 0 Å². The Bertz CT molecular complexity index is 785. The molecular formula is C17H20F2N4O3. The fraction of sp³-hybridized carbons (Fsp3) is 0.412. The summed E-state index contributed by atoms with van der Waals surface area (Å²) in [5.74, 6) is -2.45. The van der Waals surface area contributed by atoms with Gasteiger partial charge in [-0.05, 0) is 18.2 Å². The number of ether oxygens (including phenoxy) is 2. The minimum atomic E-state index is -3.17. The van der Waals surface area contributed by atoms with E-state index in [1.165, 1.54) is 12.3 Å². The summed E-state index contributed by atoms with van der Waals surface area (Å²) in [6, 6.07) is 10.6. The molecule has 1 aromatic carbocycles. The molecule has 1 aliphatic rings. The molecule has 3 rings (SSSR count). The van der Waals surface area contributed by atoms with Crippen LogP contribution in [0.25, 0.3) is 0 Å². The number of nitrogen functional groups attached to an aromatic ring is 1. The van der Waals surface area contributed by atoms with Crippen LogP contribution in [0.2, 0.25) is 0 Å². The van der Waals surface area contributed by atoms with Crippen LogP contribution in [0.15, 0.2) is 47.4 Å². The van der Waals surface area contributed by atoms with Crippen LogP contribution in [0.1, 0.15) is 12.6 Å². The number of nitrogens with two attached hydrogens (primary N) is 1. The third-order valence-electron chi connectivity index (χ3n) is 3.95. The molecular weight excluding hydrogens is 346 g/mol. The summed E-state index contributed by atoms with van der Waals surface area (Å²) in [7, 11) is 0. The second kappa shape index (κ2) is 7.79. The van der Waals surface area contributed by atoms with Crippen molar-refractivity contribution in [3.8, 4) is 5.75 Å². The first-order valence-corrected chi connectivity index (χ1v) is 8.22. The highest BCUT2D eigenvalue weighted by Gasteiger charge is 2.51. The summed E-state index contributed by atoms with van der Waals surface area (Å²) >= 11 is 0. The molecule has 0 radical (unpaired) electrons. The van der Waals surface area contributed by atoms with Crippen molar-refractivity contribution in [3.05, 3.63) is 53.1 Å². The highest BCUT2D eigenvalue weighted by atomic mass is 19.3. The molecule has 1 saturated heterocycles. The van der Waals surface area contributed by atoms with Crippen molar-refractivity contribution in [1.29, 1.82) is 0 Å². The van der Waals surface area contributed by atoms with Crippen LogP contribution in [0.5, 0.6) is 5.75 Å². The number of rotatable bonds is 7. The molecule has 26 heavy (non-hydrogen) atoms. The van der Waals surface area contributed by atoms with Gasteiger partial charge in [-0.2, -0.15) is 4.98 Å². The standard InChI is InChI=1S/C17H20F2N4O3/c18-17(19)10-13(11-21-7-9-25-12-4-2-1-3-5-12)26-15(17)23-8-6-14(20)22-16(23)24/h1-6,8,13,15,21H,7,9-11H2,(H2,20,22,24)/t13-,15+/m0/s1. The van der Waals surface area contributed by atoms with E-state index in [0.717, 1.165) is 10.3 Å². The second-order valence-corrected chi connectivity index (χ2v) is 5.98. The van der Waals surface area contributed by atoms with E-state index < -0.39 is 30.4 Å². The van der Waals surface area contributed by atoms with E-state index in [4.69, 9.17) is 15.2 Å². The molecule has 140 valence electrons. The number of benzene rings is 1. The molecule has 2 heterocycles. The SMILES string of the molecule is Nc1ccn([C@@H]2O[C@H](CNCCOc3ccccc3)CC2(F)F)c(=O)n1. The van der Waals surface area contributed by atoms with Crippen molar-refractivity contribution >= 4 is 5.82 Å². The van der Waals surface area contributed by atoms with Gasteiger partial charge in [0.25, 0.3) is 5.92 Å². The lowest BCUT2D eigenvalue weighted by Crippen LogP contribution is -2.35. The van der Waals surface area contributed by atoms with Crippen molar-refractivity contribution in [1.82, 2.24) is 14.9 Å². The number of para-hydroxylation sites is 1. The average molecular weight is 366 g/mol. The zero-order valence-electron chi connectivity index (χ0n) is 14.0. The van der Waals surface area contributed by atoms with Gasteiger partial charge in [0.05, 0.1) is 6.10 Å². The molecule has 3 N–H and O–H groups in total. The molecule has 0 spiro atoms. The first-order chi connectivity index (χ1) is 12.5. The van der Waals surface area contributed by atoms with Gasteiger partial charge in [-0.15, -0.1) is 0 Å². The van der Waals surface area contributed by atoms with Gasteiger partial charge in [0, 0.05) is 25.7 Å². The maximum atomic E-state index is 14.2. The van der Waals surface area contributed by atoms with Crippen LogP contribution in [0.3, 0.4) is 0 Å². The summed E-state index contributed by atoms with van der Waals surface area (Å²) < 4.78 is 40.1. The van der Waals surface area contributed by atoms with Crippen LogP contribution in [-0.4, -0.2) is 41.3 Å². The van der Waals surface area contributed by atoms with Crippen molar-refractivity contribution in [2.75, 3.05) is 25.4 Å². The Morgan fingerprint density at radius 1 is 1.35 bits per heavy atom. The number of anilines is 1. The number of hydrogen-bond donors (Lipinski definition) is 2. The number of halogens is 2. The zero-order chi connectivity index (χ0) is 18.6. The van der Waals surface area contributed by atoms with Crippen molar-refractivity contribution in [3.63, 3.8) is 0 Å². The van der Waals surface area contributed by atoms with Gasteiger partial charge in [-0.25, -0.2) is 13.6 Å². The van der Waals surface area contributed by atoms with Crippen molar-refractivity contribution in [2.45, 2.75) is 24.7 Å². The highest BCUT2D eigenvalue weighted by Crippen LogP contribution is 2.41. The molecule has 0 aliphatic carbocycles. The Hall–Kier alpha value is -2.52. The fourth-order valence-corrected chi connectivity index (χ4v) is 2.75. The lowest BCUT2D eigenvalue weighted by molar-refractivity contribution is -0.116. The first kappa shape index (κ1) is 18.3. The predicted octanol–water partition coefficient (Wildman–Crippen LogP) is 1.42. The highest BCUT2D eigenvalue weighted by molar-refractivity contribution is 5.23. The van der Waals surface area contributed by atoms with Crippen LogP contribution in [-0.2, 0) is 4.74 Å². The molecule has 0 unspecified atom stereocenters. The fourth-order valence-electron chi connectivity index (χ4n) is 2.75. The molecule has 2 atom stereocenters. The lowest BCUT2D eigenvalue weighted by Gasteiger charge is -2.19. The molecule has 7 nitrogen and oxygen atoms in total. The van der Waals surface area contributed by atoms with E-state index in [2.05, 4.69) is 10.3 Å². The monoisotopic (exact) mass is 366 g/mol. The summed E-state index contributed by atoms with van der Waals surface area (Å²) in [5.41, 5.74) is 4.52. The minimum Gasteiger partial charge on any atom is -0.492 e. The number of alkyl halides is 2. The molecule has 0 bridgehead atoms. The van der Waals surface area contributed by atoms with E-state index in [1.807, 2.05) is 30.3 Å². The summed E-state index contributed by atoms with van der Waals surface area (Å²) in [6.07, 6.45) is -1.72. The molecule has 1 aliphatic heterocycles. The number of nitrogens with one attached hydrogen (secondary N) is 1. The molecule has 1 fully saturated rings. The van der Waals surface area contributed by atoms with Crippen LogP contribution < -0.4 is 21.5 Å². The Morgan fingerprint density at radius 2 is 2.12 bits per heavy atom. The van der Waals surface area contributed by atoms with Gasteiger partial charge in [-0.1, -0.05) is 18.2 Å². The zero-order valence-corrected chi connectivity index (χ0v) is 14.0. The Labute approximate surface area is 148 Å². The van der Waals surface area contributed by atoms with Crippen LogP contribution in [0.4, 0.5) is 14.6 Å². The van der Waals surface area contributed by atoms with E-state index in [0.29, 0.717) is 13.2 Å². The molecule has 0 amide bonds. The Balaban J connectivity index is 1.49. The molecule has 2 aromatic rings. The topological polar surface area (TPSA) is 91.4 Å². The third-order valence-corrected chi connectivity index (χ3v) is 3.95. The summed E-state index contributed by atoms with van der Waals surface area (Å²) in [6.45, 7) is 1.10. The average Bonchev–Trinajstić information content (AvgIpc) is 2.90. The van der Waals surface area contributed by atoms with Crippen molar-refractivity contribution in [2.24, 2.45) is 0 Å². The normalized spacial score (nSPS) is 21.6. The largest absolute Gasteiger partial charge is 0.492 e. The Kier molecular flexibility index (Phi) is 5.48. The minimum absolute atomic E-state index is 0.0239. The predicted molar refractivity (Wildman–Crippen MR) is 91.2 cm³/mol. The lowest BCUT2D eigenvalue weighted by atomic mass is 10.2. The van der Waals surface area contributed by atoms with Gasteiger partial charge in [0.15, 0.2) is 0 Å². The van der Waals surface area contributed by atoms with Crippen molar-refractivity contribution < 1.29 is 18.3 Å². The Morgan fingerprint density at radius 3 is 2.85 bits per heavy atom. The van der Waals surface area contributed by atoms with E-state index in [9.17, 15) is 13.6 Å². The second-order valence-electron chi connectivity index (χ2n) is 5.98. The van der Waals surface area contributed by atoms with Gasteiger partial charge < -0.3 is 20.5 Å². The number of hydrogen-bond acceptors (Lipinski definition) is 6. The van der Waals surface area contributed by atoms with E-state index in [1.54, 1.807) is 0 Å². The number of aromatic nitrogens is 2. The van der Waals surface area contributed by atoms with Gasteiger partial charge in [0.1, 0.15) is 18.2 Å². The third kappa shape index (κ3) is 4.36. The maximum Gasteiger partial charge on any atom is 0.351 e. The molecule has 0 saturated carbocycles. The summed E-state index contributed by atoms with van der Waals surface area (Å²) in [5, 5.41) is 3.02. The number of nitrogens with zero attached hydrogens (tertiary/aromatic N) is 2. The summed E-state index contributed by atoms with van der Waals surface area (Å²) in [4.78, 5) is 15.2.